The Bertz CT molecular complexity index is 673. The molecule has 0 saturated carbocycles. The molecule has 2 atom stereocenters. The van der Waals surface area contributed by atoms with E-state index in [-0.39, 0.29) is 23.8 Å². The van der Waals surface area contributed by atoms with Crippen molar-refractivity contribution in [3.8, 4) is 0 Å². The SMILES string of the molecule is CC(=O)NCC1CN(c2ccc(C3CCN(C)C(=O)C3)cc2)C(=O)O1. The molecule has 3 amide bonds. The summed E-state index contributed by atoms with van der Waals surface area (Å²) in [4.78, 5) is 38.2. The lowest BCUT2D eigenvalue weighted by atomic mass is 9.89. The Morgan fingerprint density at radius 2 is 2.00 bits per heavy atom. The Balaban J connectivity index is 1.63. The molecule has 7 nitrogen and oxygen atoms in total. The van der Waals surface area contributed by atoms with E-state index in [4.69, 9.17) is 4.74 Å². The van der Waals surface area contributed by atoms with Gasteiger partial charge in [-0.15, -0.1) is 0 Å². The minimum Gasteiger partial charge on any atom is -0.442 e. The fourth-order valence-corrected chi connectivity index (χ4v) is 3.25. The van der Waals surface area contributed by atoms with Crippen molar-refractivity contribution in [1.82, 2.24) is 10.2 Å². The molecule has 2 saturated heterocycles. The van der Waals surface area contributed by atoms with Gasteiger partial charge in [0.15, 0.2) is 0 Å². The third kappa shape index (κ3) is 3.92. The third-order valence-corrected chi connectivity index (χ3v) is 4.79. The summed E-state index contributed by atoms with van der Waals surface area (Å²) in [5.41, 5.74) is 1.88. The molecule has 1 aromatic carbocycles. The van der Waals surface area contributed by atoms with Gasteiger partial charge in [0, 0.05) is 32.6 Å². The van der Waals surface area contributed by atoms with Crippen LogP contribution in [0.2, 0.25) is 0 Å². The predicted octanol–water partition coefficient (Wildman–Crippen LogP) is 1.48. The number of piperidine rings is 1. The minimum absolute atomic E-state index is 0.147. The molecule has 2 aliphatic rings. The molecule has 0 aliphatic carbocycles. The second kappa shape index (κ2) is 7.13. The number of nitrogens with zero attached hydrogens (tertiary/aromatic N) is 2. The number of cyclic esters (lactones) is 1. The maximum Gasteiger partial charge on any atom is 0.414 e. The third-order valence-electron chi connectivity index (χ3n) is 4.79. The van der Waals surface area contributed by atoms with Crippen LogP contribution in [0.15, 0.2) is 24.3 Å². The molecule has 1 aromatic rings. The van der Waals surface area contributed by atoms with E-state index in [0.717, 1.165) is 24.2 Å². The summed E-state index contributed by atoms with van der Waals surface area (Å²) in [6.45, 7) is 2.92. The molecule has 7 heteroatoms. The first kappa shape index (κ1) is 17.3. The fourth-order valence-electron chi connectivity index (χ4n) is 3.25. The number of hydrogen-bond donors (Lipinski definition) is 1. The van der Waals surface area contributed by atoms with Crippen LogP contribution >= 0.6 is 0 Å². The Morgan fingerprint density at radius 3 is 2.64 bits per heavy atom. The zero-order valence-electron chi connectivity index (χ0n) is 14.5. The highest BCUT2D eigenvalue weighted by Crippen LogP contribution is 2.30. The van der Waals surface area contributed by atoms with E-state index in [0.29, 0.717) is 19.5 Å². The van der Waals surface area contributed by atoms with E-state index in [1.54, 1.807) is 9.80 Å². The van der Waals surface area contributed by atoms with Crippen molar-refractivity contribution in [1.29, 1.82) is 0 Å². The van der Waals surface area contributed by atoms with Gasteiger partial charge in [-0.25, -0.2) is 4.79 Å². The molecule has 0 spiro atoms. The summed E-state index contributed by atoms with van der Waals surface area (Å²) in [6, 6.07) is 7.74. The van der Waals surface area contributed by atoms with E-state index in [1.165, 1.54) is 6.92 Å². The summed E-state index contributed by atoms with van der Waals surface area (Å²) in [7, 11) is 1.83. The number of ether oxygens (including phenoxy) is 1. The summed E-state index contributed by atoms with van der Waals surface area (Å²) in [5.74, 6) is 0.256. The Hall–Kier alpha value is -2.57. The van der Waals surface area contributed by atoms with Crippen molar-refractivity contribution in [2.45, 2.75) is 31.8 Å². The van der Waals surface area contributed by atoms with Crippen LogP contribution in [0.1, 0.15) is 31.2 Å². The quantitative estimate of drug-likeness (QED) is 0.897. The smallest absolute Gasteiger partial charge is 0.414 e. The zero-order valence-corrected chi connectivity index (χ0v) is 14.5. The molecule has 2 fully saturated rings. The van der Waals surface area contributed by atoms with Gasteiger partial charge < -0.3 is 15.0 Å². The number of rotatable bonds is 4. The molecule has 2 aliphatic heterocycles. The number of likely N-dealkylation sites (tertiary alicyclic amines) is 1. The van der Waals surface area contributed by atoms with E-state index < -0.39 is 6.09 Å². The number of nitrogens with one attached hydrogen (secondary N) is 1. The molecule has 0 radical (unpaired) electrons. The summed E-state index contributed by atoms with van der Waals surface area (Å²) >= 11 is 0. The molecule has 25 heavy (non-hydrogen) atoms. The molecule has 3 rings (SSSR count). The number of hydrogen-bond acceptors (Lipinski definition) is 4. The summed E-state index contributed by atoms with van der Waals surface area (Å²) in [5, 5.41) is 2.66. The lowest BCUT2D eigenvalue weighted by molar-refractivity contribution is -0.132. The summed E-state index contributed by atoms with van der Waals surface area (Å²) < 4.78 is 5.27. The monoisotopic (exact) mass is 345 g/mol. The average Bonchev–Trinajstić information content (AvgIpc) is 2.96. The molecule has 1 N–H and O–H groups in total. The van der Waals surface area contributed by atoms with Crippen LogP contribution in [0.3, 0.4) is 0 Å². The normalized spacial score (nSPS) is 23.6. The molecular formula is C18H23N3O4. The van der Waals surface area contributed by atoms with Crippen LogP contribution in [0, 0.1) is 0 Å². The van der Waals surface area contributed by atoms with Crippen molar-refractivity contribution in [2.75, 3.05) is 31.6 Å². The van der Waals surface area contributed by atoms with Crippen molar-refractivity contribution in [2.24, 2.45) is 0 Å². The van der Waals surface area contributed by atoms with Gasteiger partial charge in [0.25, 0.3) is 0 Å². The van der Waals surface area contributed by atoms with Gasteiger partial charge in [0.1, 0.15) is 6.10 Å². The Morgan fingerprint density at radius 1 is 1.28 bits per heavy atom. The van der Waals surface area contributed by atoms with Gasteiger partial charge in [-0.2, -0.15) is 0 Å². The highest BCUT2D eigenvalue weighted by molar-refractivity contribution is 5.89. The lowest BCUT2D eigenvalue weighted by Gasteiger charge is -2.29. The van der Waals surface area contributed by atoms with Gasteiger partial charge in [-0.1, -0.05) is 12.1 Å². The van der Waals surface area contributed by atoms with E-state index in [2.05, 4.69) is 5.32 Å². The van der Waals surface area contributed by atoms with E-state index in [1.807, 2.05) is 31.3 Å². The second-order valence-corrected chi connectivity index (χ2v) is 6.65. The number of anilines is 1. The summed E-state index contributed by atoms with van der Waals surface area (Å²) in [6.07, 6.45) is 0.729. The molecular weight excluding hydrogens is 322 g/mol. The zero-order chi connectivity index (χ0) is 18.0. The number of amides is 3. The number of carbonyl (C=O) groups is 3. The van der Waals surface area contributed by atoms with Gasteiger partial charge in [0.2, 0.25) is 11.8 Å². The van der Waals surface area contributed by atoms with Crippen LogP contribution in [0.4, 0.5) is 10.5 Å². The molecule has 0 bridgehead atoms. The average molecular weight is 345 g/mol. The van der Waals surface area contributed by atoms with Gasteiger partial charge in [-0.3, -0.25) is 14.5 Å². The highest BCUT2D eigenvalue weighted by atomic mass is 16.6. The number of carbonyl (C=O) groups excluding carboxylic acids is 3. The predicted molar refractivity (Wildman–Crippen MR) is 92.4 cm³/mol. The maximum absolute atomic E-state index is 12.0. The van der Waals surface area contributed by atoms with Crippen molar-refractivity contribution in [3.63, 3.8) is 0 Å². The topological polar surface area (TPSA) is 79.0 Å². The van der Waals surface area contributed by atoms with Gasteiger partial charge in [-0.05, 0) is 30.0 Å². The Kier molecular flexibility index (Phi) is 4.92. The maximum atomic E-state index is 12.0. The van der Waals surface area contributed by atoms with Crippen LogP contribution in [0.25, 0.3) is 0 Å². The first-order chi connectivity index (χ1) is 11.9. The first-order valence-electron chi connectivity index (χ1n) is 8.50. The van der Waals surface area contributed by atoms with Gasteiger partial charge in [0.05, 0.1) is 13.1 Å². The number of benzene rings is 1. The molecule has 2 unspecified atom stereocenters. The largest absolute Gasteiger partial charge is 0.442 e. The standard InChI is InChI=1S/C18H23N3O4/c1-12(22)19-10-16-11-21(18(24)25-16)15-5-3-13(4-6-15)14-7-8-20(2)17(23)9-14/h3-6,14,16H,7-11H2,1-2H3,(H,19,22). The van der Waals surface area contributed by atoms with Crippen molar-refractivity contribution < 1.29 is 19.1 Å². The van der Waals surface area contributed by atoms with Crippen LogP contribution < -0.4 is 10.2 Å². The molecule has 2 heterocycles. The lowest BCUT2D eigenvalue weighted by Crippen LogP contribution is -2.34. The van der Waals surface area contributed by atoms with E-state index in [9.17, 15) is 14.4 Å². The first-order valence-corrected chi connectivity index (χ1v) is 8.50. The van der Waals surface area contributed by atoms with Crippen LogP contribution in [-0.2, 0) is 14.3 Å². The minimum atomic E-state index is -0.405. The van der Waals surface area contributed by atoms with Crippen LogP contribution in [0.5, 0.6) is 0 Å². The Labute approximate surface area is 146 Å². The van der Waals surface area contributed by atoms with Crippen LogP contribution in [-0.4, -0.2) is 55.6 Å². The van der Waals surface area contributed by atoms with Gasteiger partial charge >= 0.3 is 6.09 Å². The highest BCUT2D eigenvalue weighted by Gasteiger charge is 2.32. The molecule has 134 valence electrons. The van der Waals surface area contributed by atoms with Crippen molar-refractivity contribution >= 4 is 23.6 Å². The van der Waals surface area contributed by atoms with E-state index >= 15 is 0 Å². The fraction of sp³-hybridized carbons (Fsp3) is 0.500. The second-order valence-electron chi connectivity index (χ2n) is 6.65. The van der Waals surface area contributed by atoms with Crippen molar-refractivity contribution in [3.05, 3.63) is 29.8 Å². The molecule has 0 aromatic heterocycles.